The highest BCUT2D eigenvalue weighted by molar-refractivity contribution is 7.96. The summed E-state index contributed by atoms with van der Waals surface area (Å²) in [5.41, 5.74) is 10.5. The minimum atomic E-state index is -3.37. The standard InChI is InChI=1S/C16H12ClNO3S.C3H6.2CH3NOS.CH4.H2O/c1-22(19,20)14-5-3-2-4-13(14)16-15(18-10-21-16)11-6-8-12(17)9-7-11;1-3-2;2*2-1(3)4;;/h2-10H,1H3;3H,1H2,2H3;2*(H3,2,3,4);1H4;1H2. The number of amides is 2. The lowest BCUT2D eigenvalue weighted by Gasteiger charge is -2.07. The first-order valence-electron chi connectivity index (χ1n) is 8.87. The number of sulfone groups is 1. The van der Waals surface area contributed by atoms with Crippen LogP contribution in [0.15, 0.2) is 76.9 Å². The highest BCUT2D eigenvalue weighted by atomic mass is 35.5. The van der Waals surface area contributed by atoms with Gasteiger partial charge in [-0.3, -0.25) is 9.59 Å². The Labute approximate surface area is 221 Å². The number of carbonyl (C=O) groups excluding carboxylic acids is 2. The van der Waals surface area contributed by atoms with Gasteiger partial charge in [0.2, 0.25) is 0 Å². The summed E-state index contributed by atoms with van der Waals surface area (Å²) in [6, 6.07) is 13.8. The van der Waals surface area contributed by atoms with Crippen molar-refractivity contribution in [2.45, 2.75) is 19.2 Å². The molecule has 0 atom stereocenters. The SMILES string of the molecule is C.C=CC.CS(=O)(=O)c1ccccc1-c1ocnc1-c1ccc(Cl)cc1.NC(=O)S.NC(=O)S.O. The van der Waals surface area contributed by atoms with E-state index in [9.17, 15) is 8.42 Å². The van der Waals surface area contributed by atoms with Crippen LogP contribution in [0.5, 0.6) is 0 Å². The van der Waals surface area contributed by atoms with Crippen LogP contribution in [0.3, 0.4) is 0 Å². The van der Waals surface area contributed by atoms with Gasteiger partial charge in [-0.2, -0.15) is 0 Å². The Morgan fingerprint density at radius 2 is 1.49 bits per heavy atom. The summed E-state index contributed by atoms with van der Waals surface area (Å²) in [6.07, 6.45) is 4.22. The Bertz CT molecular complexity index is 1150. The lowest BCUT2D eigenvalue weighted by molar-refractivity contribution is 0.266. The van der Waals surface area contributed by atoms with Gasteiger partial charge in [0.1, 0.15) is 5.69 Å². The molecule has 6 N–H and O–H groups in total. The number of nitrogens with zero attached hydrogens (tertiary/aromatic N) is 1. The molecule has 0 aliphatic heterocycles. The molecule has 9 nitrogen and oxygen atoms in total. The van der Waals surface area contributed by atoms with Crippen LogP contribution in [-0.2, 0) is 9.84 Å². The molecule has 0 saturated heterocycles. The Hall–Kier alpha value is -2.77. The second-order valence-electron chi connectivity index (χ2n) is 5.89. The van der Waals surface area contributed by atoms with Gasteiger partial charge < -0.3 is 21.4 Å². The third kappa shape index (κ3) is 15.0. The van der Waals surface area contributed by atoms with Crippen molar-refractivity contribution in [2.75, 3.05) is 6.26 Å². The molecule has 0 spiro atoms. The summed E-state index contributed by atoms with van der Waals surface area (Å²) in [5.74, 6) is 0.420. The molecular formula is C22H30ClN3O6S3. The summed E-state index contributed by atoms with van der Waals surface area (Å²) in [7, 11) is -3.37. The number of benzene rings is 2. The van der Waals surface area contributed by atoms with Crippen molar-refractivity contribution in [1.29, 1.82) is 0 Å². The Morgan fingerprint density at radius 1 is 1.06 bits per heavy atom. The van der Waals surface area contributed by atoms with Crippen LogP contribution in [0.2, 0.25) is 5.02 Å². The summed E-state index contributed by atoms with van der Waals surface area (Å²) in [5, 5.41) is -0.662. The molecule has 0 radical (unpaired) electrons. The highest BCUT2D eigenvalue weighted by Gasteiger charge is 2.20. The van der Waals surface area contributed by atoms with E-state index in [1.807, 2.05) is 19.1 Å². The number of hydrogen-bond acceptors (Lipinski definition) is 6. The van der Waals surface area contributed by atoms with E-state index >= 15 is 0 Å². The molecule has 2 amide bonds. The molecular weight excluding hydrogens is 534 g/mol. The Balaban J connectivity index is -0.000000673. The molecule has 194 valence electrons. The number of rotatable bonds is 3. The maximum atomic E-state index is 12.0. The third-order valence-corrected chi connectivity index (χ3v) is 4.62. The van der Waals surface area contributed by atoms with E-state index in [0.29, 0.717) is 22.0 Å². The molecule has 0 saturated carbocycles. The number of nitrogens with two attached hydrogens (primary N) is 2. The molecule has 0 unspecified atom stereocenters. The number of carbonyl (C=O) groups is 2. The summed E-state index contributed by atoms with van der Waals surface area (Å²) in [4.78, 5) is 22.6. The molecule has 3 rings (SSSR count). The van der Waals surface area contributed by atoms with Crippen molar-refractivity contribution < 1.29 is 27.9 Å². The van der Waals surface area contributed by atoms with Crippen LogP contribution in [-0.4, -0.2) is 35.6 Å². The fraction of sp³-hybridized carbons (Fsp3) is 0.136. The smallest absolute Gasteiger partial charge is 0.273 e. The largest absolute Gasteiger partial charge is 0.443 e. The fourth-order valence-electron chi connectivity index (χ4n) is 2.23. The van der Waals surface area contributed by atoms with Crippen LogP contribution >= 0.6 is 36.9 Å². The van der Waals surface area contributed by atoms with Crippen molar-refractivity contribution >= 4 is 57.2 Å². The van der Waals surface area contributed by atoms with Gasteiger partial charge in [-0.1, -0.05) is 74.6 Å². The van der Waals surface area contributed by atoms with Crippen LogP contribution in [0.1, 0.15) is 14.4 Å². The zero-order chi connectivity index (χ0) is 25.6. The van der Waals surface area contributed by atoms with E-state index in [0.717, 1.165) is 5.56 Å². The number of thiol groups is 2. The van der Waals surface area contributed by atoms with Crippen molar-refractivity contribution in [3.8, 4) is 22.6 Å². The van der Waals surface area contributed by atoms with E-state index in [2.05, 4.69) is 48.3 Å². The van der Waals surface area contributed by atoms with Crippen molar-refractivity contribution in [3.63, 3.8) is 0 Å². The molecule has 0 fully saturated rings. The van der Waals surface area contributed by atoms with Gasteiger partial charge in [0.15, 0.2) is 22.0 Å². The summed E-state index contributed by atoms with van der Waals surface area (Å²) >= 11 is 12.1. The number of aromatic nitrogens is 1. The quantitative estimate of drug-likeness (QED) is 0.255. The zero-order valence-corrected chi connectivity index (χ0v) is 21.7. The van der Waals surface area contributed by atoms with Gasteiger partial charge in [0.25, 0.3) is 10.5 Å². The van der Waals surface area contributed by atoms with E-state index < -0.39 is 20.3 Å². The second-order valence-corrected chi connectivity index (χ2v) is 9.19. The van der Waals surface area contributed by atoms with E-state index in [1.165, 1.54) is 12.6 Å². The molecule has 0 aliphatic rings. The minimum absolute atomic E-state index is 0. The lowest BCUT2D eigenvalue weighted by Crippen LogP contribution is -1.99. The summed E-state index contributed by atoms with van der Waals surface area (Å²) in [6.45, 7) is 5.25. The predicted octanol–water partition coefficient (Wildman–Crippen LogP) is 5.06. The zero-order valence-electron chi connectivity index (χ0n) is 18.3. The van der Waals surface area contributed by atoms with E-state index in [-0.39, 0.29) is 17.8 Å². The Morgan fingerprint density at radius 3 is 1.91 bits per heavy atom. The van der Waals surface area contributed by atoms with Gasteiger partial charge in [-0.05, 0) is 31.2 Å². The van der Waals surface area contributed by atoms with Gasteiger partial charge in [0, 0.05) is 22.4 Å². The first-order chi connectivity index (χ1) is 15.3. The lowest BCUT2D eigenvalue weighted by atomic mass is 10.1. The first kappa shape index (κ1) is 36.8. The first-order valence-corrected chi connectivity index (χ1v) is 12.0. The van der Waals surface area contributed by atoms with Crippen molar-refractivity contribution in [2.24, 2.45) is 11.5 Å². The summed E-state index contributed by atoms with van der Waals surface area (Å²) < 4.78 is 29.4. The average molecular weight is 564 g/mol. The third-order valence-electron chi connectivity index (χ3n) is 3.22. The molecule has 35 heavy (non-hydrogen) atoms. The molecule has 3 aromatic rings. The molecule has 2 aromatic carbocycles. The molecule has 13 heteroatoms. The van der Waals surface area contributed by atoms with Gasteiger partial charge >= 0.3 is 0 Å². The topological polar surface area (TPSA) is 178 Å². The highest BCUT2D eigenvalue weighted by Crippen LogP contribution is 2.35. The van der Waals surface area contributed by atoms with Crippen LogP contribution in [0, 0.1) is 0 Å². The number of hydrogen-bond donors (Lipinski definition) is 4. The number of primary amides is 2. The van der Waals surface area contributed by atoms with E-state index in [4.69, 9.17) is 25.6 Å². The van der Waals surface area contributed by atoms with Crippen LogP contribution < -0.4 is 11.5 Å². The Kier molecular flexibility index (Phi) is 19.5. The predicted molar refractivity (Wildman–Crippen MR) is 149 cm³/mol. The average Bonchev–Trinajstić information content (AvgIpc) is 3.17. The number of halogens is 1. The molecule has 1 aromatic heterocycles. The molecule has 0 aliphatic carbocycles. The van der Waals surface area contributed by atoms with Gasteiger partial charge in [0.05, 0.1) is 4.90 Å². The number of oxazole rings is 1. The molecule has 1 heterocycles. The van der Waals surface area contributed by atoms with Gasteiger partial charge in [-0.25, -0.2) is 13.4 Å². The fourth-order valence-corrected chi connectivity index (χ4v) is 3.24. The normalized spacial score (nSPS) is 9.06. The minimum Gasteiger partial charge on any atom is -0.443 e. The van der Waals surface area contributed by atoms with Crippen LogP contribution in [0.25, 0.3) is 22.6 Å². The van der Waals surface area contributed by atoms with Crippen molar-refractivity contribution in [1.82, 2.24) is 4.98 Å². The maximum Gasteiger partial charge on any atom is 0.273 e. The number of allylic oxidation sites excluding steroid dienone is 1. The maximum absolute atomic E-state index is 12.0. The monoisotopic (exact) mass is 563 g/mol. The van der Waals surface area contributed by atoms with Crippen molar-refractivity contribution in [3.05, 3.63) is 72.6 Å². The van der Waals surface area contributed by atoms with Crippen LogP contribution in [0.4, 0.5) is 9.59 Å². The molecule has 0 bridgehead atoms. The second kappa shape index (κ2) is 18.5. The van der Waals surface area contributed by atoms with E-state index in [1.54, 1.807) is 42.5 Å². The van der Waals surface area contributed by atoms with Gasteiger partial charge in [-0.15, -0.1) is 6.58 Å².